The Morgan fingerprint density at radius 2 is 1.83 bits per heavy atom. The highest BCUT2D eigenvalue weighted by Crippen LogP contribution is 2.34. The molecule has 6 nitrogen and oxygen atoms in total. The first kappa shape index (κ1) is 20.0. The number of hydrogen-bond donors (Lipinski definition) is 1. The second-order valence-corrected chi connectivity index (χ2v) is 7.69. The predicted octanol–water partition coefficient (Wildman–Crippen LogP) is 4.97. The fraction of sp³-hybridized carbons (Fsp3) is 0.292. The summed E-state index contributed by atoms with van der Waals surface area (Å²) in [6, 6.07) is 10.4. The fourth-order valence-electron chi connectivity index (χ4n) is 3.82. The molecule has 154 valence electrons. The summed E-state index contributed by atoms with van der Waals surface area (Å²) in [5.41, 5.74) is 5.27. The van der Waals surface area contributed by atoms with E-state index in [4.69, 9.17) is 9.47 Å². The van der Waals surface area contributed by atoms with Gasteiger partial charge in [-0.2, -0.15) is 0 Å². The summed E-state index contributed by atoms with van der Waals surface area (Å²) in [5.74, 6) is -0.227. The van der Waals surface area contributed by atoms with Gasteiger partial charge in [-0.1, -0.05) is 13.0 Å². The molecule has 3 heterocycles. The minimum atomic E-state index is -0.436. The maximum Gasteiger partial charge on any atom is 0.357 e. The number of nitrogens with one attached hydrogen (secondary N) is 1. The van der Waals surface area contributed by atoms with Gasteiger partial charge in [-0.25, -0.2) is 9.78 Å². The van der Waals surface area contributed by atoms with Crippen molar-refractivity contribution in [3.63, 3.8) is 0 Å². The van der Waals surface area contributed by atoms with Crippen molar-refractivity contribution < 1.29 is 14.3 Å². The number of carbonyl (C=O) groups excluding carboxylic acids is 1. The Labute approximate surface area is 175 Å². The normalized spacial score (nSPS) is 12.6. The molecule has 4 rings (SSSR count). The summed E-state index contributed by atoms with van der Waals surface area (Å²) in [7, 11) is 1.61. The van der Waals surface area contributed by atoms with Gasteiger partial charge in [-0.3, -0.25) is 4.98 Å². The lowest BCUT2D eigenvalue weighted by Gasteiger charge is -2.13. The van der Waals surface area contributed by atoms with Gasteiger partial charge in [0.15, 0.2) is 5.69 Å². The lowest BCUT2D eigenvalue weighted by molar-refractivity contribution is 0.0366. The number of fused-ring (bicyclic) bond motifs is 3. The van der Waals surface area contributed by atoms with Crippen LogP contribution in [0.2, 0.25) is 0 Å². The zero-order chi connectivity index (χ0) is 21.3. The summed E-state index contributed by atoms with van der Waals surface area (Å²) in [6.07, 6.45) is 5.09. The van der Waals surface area contributed by atoms with Gasteiger partial charge in [0.05, 0.1) is 24.4 Å². The van der Waals surface area contributed by atoms with E-state index in [1.54, 1.807) is 13.3 Å². The number of H-pyrrole nitrogens is 1. The fourth-order valence-corrected chi connectivity index (χ4v) is 3.82. The summed E-state index contributed by atoms with van der Waals surface area (Å²) >= 11 is 0. The highest BCUT2D eigenvalue weighted by atomic mass is 16.5. The van der Waals surface area contributed by atoms with Crippen LogP contribution in [0.1, 0.15) is 53.9 Å². The Morgan fingerprint density at radius 3 is 2.53 bits per heavy atom. The van der Waals surface area contributed by atoms with Gasteiger partial charge >= 0.3 is 5.97 Å². The number of aromatic amines is 1. The molecule has 0 aliphatic heterocycles. The molecule has 0 spiro atoms. The van der Waals surface area contributed by atoms with Gasteiger partial charge < -0.3 is 14.5 Å². The van der Waals surface area contributed by atoms with E-state index in [1.165, 1.54) is 11.1 Å². The van der Waals surface area contributed by atoms with Crippen LogP contribution < -0.4 is 0 Å². The number of rotatable bonds is 6. The molecule has 1 atom stereocenters. The number of pyridine rings is 2. The zero-order valence-electron chi connectivity index (χ0n) is 17.6. The number of ether oxygens (including phenoxy) is 2. The summed E-state index contributed by atoms with van der Waals surface area (Å²) in [6.45, 7) is 6.09. The monoisotopic (exact) mass is 403 g/mol. The number of aromatic nitrogens is 3. The number of benzene rings is 1. The third-order valence-corrected chi connectivity index (χ3v) is 5.29. The van der Waals surface area contributed by atoms with E-state index in [0.717, 1.165) is 27.4 Å². The van der Waals surface area contributed by atoms with Crippen molar-refractivity contribution in [1.82, 2.24) is 15.0 Å². The lowest BCUT2D eigenvalue weighted by atomic mass is 9.92. The first-order valence-electron chi connectivity index (χ1n) is 10.0. The van der Waals surface area contributed by atoms with Gasteiger partial charge in [-0.05, 0) is 49.2 Å². The number of methoxy groups -OCH3 is 1. The van der Waals surface area contributed by atoms with Gasteiger partial charge in [-0.15, -0.1) is 0 Å². The highest BCUT2D eigenvalue weighted by Gasteiger charge is 2.21. The summed E-state index contributed by atoms with van der Waals surface area (Å²) in [5, 5.41) is 1.98. The SMILES string of the molecule is COCc1c(C(=O)OC(C)C)ncc2[nH]c3ccc(C(C)c4ccncc4)cc3c12. The van der Waals surface area contributed by atoms with Gasteiger partial charge in [0.1, 0.15) is 0 Å². The third kappa shape index (κ3) is 3.66. The molecule has 0 amide bonds. The Balaban J connectivity index is 1.90. The molecular formula is C24H25N3O3. The molecule has 0 saturated heterocycles. The van der Waals surface area contributed by atoms with Crippen LogP contribution in [-0.4, -0.2) is 34.1 Å². The van der Waals surface area contributed by atoms with Gasteiger partial charge in [0, 0.05) is 47.3 Å². The molecule has 0 bridgehead atoms. The highest BCUT2D eigenvalue weighted by molar-refractivity contribution is 6.11. The molecule has 0 aliphatic rings. The Kier molecular flexibility index (Phi) is 5.50. The number of nitrogens with zero attached hydrogens (tertiary/aromatic N) is 2. The first-order chi connectivity index (χ1) is 14.5. The molecular weight excluding hydrogens is 378 g/mol. The van der Waals surface area contributed by atoms with E-state index in [9.17, 15) is 4.79 Å². The van der Waals surface area contributed by atoms with Crippen molar-refractivity contribution >= 4 is 27.8 Å². The van der Waals surface area contributed by atoms with Crippen molar-refractivity contribution in [2.75, 3.05) is 7.11 Å². The molecule has 3 aromatic heterocycles. The smallest absolute Gasteiger partial charge is 0.357 e. The van der Waals surface area contributed by atoms with E-state index in [2.05, 4.69) is 40.1 Å². The van der Waals surface area contributed by atoms with Crippen molar-refractivity contribution in [2.45, 2.75) is 39.4 Å². The van der Waals surface area contributed by atoms with Crippen LogP contribution in [0, 0.1) is 0 Å². The van der Waals surface area contributed by atoms with E-state index in [1.807, 2.05) is 38.4 Å². The van der Waals surface area contributed by atoms with Crippen molar-refractivity contribution in [2.24, 2.45) is 0 Å². The third-order valence-electron chi connectivity index (χ3n) is 5.29. The van der Waals surface area contributed by atoms with Gasteiger partial charge in [0.2, 0.25) is 0 Å². The van der Waals surface area contributed by atoms with Crippen LogP contribution in [0.15, 0.2) is 48.9 Å². The van der Waals surface area contributed by atoms with Crippen molar-refractivity contribution in [3.8, 4) is 0 Å². The molecule has 0 aliphatic carbocycles. The van der Waals surface area contributed by atoms with Crippen LogP contribution in [0.4, 0.5) is 0 Å². The van der Waals surface area contributed by atoms with Crippen LogP contribution in [0.3, 0.4) is 0 Å². The molecule has 1 unspecified atom stereocenters. The molecule has 6 heteroatoms. The molecule has 1 N–H and O–H groups in total. The number of esters is 1. The minimum absolute atomic E-state index is 0.209. The van der Waals surface area contributed by atoms with E-state index in [0.29, 0.717) is 5.69 Å². The van der Waals surface area contributed by atoms with Crippen LogP contribution in [-0.2, 0) is 16.1 Å². The summed E-state index contributed by atoms with van der Waals surface area (Å²) in [4.78, 5) is 24.6. The Morgan fingerprint density at radius 1 is 1.07 bits per heavy atom. The van der Waals surface area contributed by atoms with Crippen LogP contribution in [0.25, 0.3) is 21.8 Å². The van der Waals surface area contributed by atoms with Gasteiger partial charge in [0.25, 0.3) is 0 Å². The quantitative estimate of drug-likeness (QED) is 0.460. The maximum absolute atomic E-state index is 12.7. The van der Waals surface area contributed by atoms with E-state index in [-0.39, 0.29) is 18.6 Å². The number of carbonyl (C=O) groups is 1. The average molecular weight is 403 g/mol. The molecule has 0 radical (unpaired) electrons. The first-order valence-corrected chi connectivity index (χ1v) is 10.0. The zero-order valence-corrected chi connectivity index (χ0v) is 17.6. The molecule has 0 saturated carbocycles. The molecule has 0 fully saturated rings. The molecule has 30 heavy (non-hydrogen) atoms. The topological polar surface area (TPSA) is 77.1 Å². The van der Waals surface area contributed by atoms with Crippen LogP contribution >= 0.6 is 0 Å². The summed E-state index contributed by atoms with van der Waals surface area (Å²) < 4.78 is 10.8. The molecule has 1 aromatic carbocycles. The molecule has 4 aromatic rings. The minimum Gasteiger partial charge on any atom is -0.458 e. The van der Waals surface area contributed by atoms with Crippen LogP contribution in [0.5, 0.6) is 0 Å². The van der Waals surface area contributed by atoms with Crippen molar-refractivity contribution in [3.05, 3.63) is 71.3 Å². The average Bonchev–Trinajstić information content (AvgIpc) is 3.12. The Bertz CT molecular complexity index is 1200. The lowest BCUT2D eigenvalue weighted by Crippen LogP contribution is -2.15. The van der Waals surface area contributed by atoms with E-state index < -0.39 is 5.97 Å². The second-order valence-electron chi connectivity index (χ2n) is 7.69. The standard InChI is InChI=1S/C24H25N3O3/c1-14(2)30-24(28)23-19(13-29-4)22-18-11-17(15(3)16-7-9-25-10-8-16)5-6-20(18)27-21(22)12-26-23/h5-12,14-15,27H,13H2,1-4H3. The Hall–Kier alpha value is -3.25. The second kappa shape index (κ2) is 8.24. The number of hydrogen-bond acceptors (Lipinski definition) is 5. The largest absolute Gasteiger partial charge is 0.458 e. The van der Waals surface area contributed by atoms with E-state index >= 15 is 0 Å². The predicted molar refractivity (Wildman–Crippen MR) is 117 cm³/mol. The maximum atomic E-state index is 12.7. The van der Waals surface area contributed by atoms with Crippen molar-refractivity contribution in [1.29, 1.82) is 0 Å².